The summed E-state index contributed by atoms with van der Waals surface area (Å²) in [6.45, 7) is 14.8. The summed E-state index contributed by atoms with van der Waals surface area (Å²) in [6, 6.07) is 46.0. The van der Waals surface area contributed by atoms with Crippen LogP contribution in [0.3, 0.4) is 0 Å². The molecule has 1 heterocycles. The molecule has 6 aromatic carbocycles. The van der Waals surface area contributed by atoms with Gasteiger partial charge in [-0.2, -0.15) is 0 Å². The Hall–Kier alpha value is -3.23. The molecular formula is C48H46Cl2Hf. The number of rotatable bonds is 4. The Balaban J connectivity index is 0.00000203. The van der Waals surface area contributed by atoms with Crippen molar-refractivity contribution in [1.82, 2.24) is 0 Å². The van der Waals surface area contributed by atoms with Gasteiger partial charge in [-0.3, -0.25) is 0 Å². The van der Waals surface area contributed by atoms with Crippen LogP contribution in [0.1, 0.15) is 71.1 Å². The summed E-state index contributed by atoms with van der Waals surface area (Å²) in [5.41, 5.74) is 15.4. The second-order valence-electron chi connectivity index (χ2n) is 17.0. The van der Waals surface area contributed by atoms with Crippen molar-refractivity contribution in [2.45, 2.75) is 57.2 Å². The predicted octanol–water partition coefficient (Wildman–Crippen LogP) is 8.01. The van der Waals surface area contributed by atoms with Crippen LogP contribution in [0.2, 0.25) is 8.35 Å². The molecule has 0 spiro atoms. The van der Waals surface area contributed by atoms with Gasteiger partial charge in [-0.05, 0) is 0 Å². The minimum atomic E-state index is -3.17. The van der Waals surface area contributed by atoms with Crippen molar-refractivity contribution in [3.63, 3.8) is 0 Å². The van der Waals surface area contributed by atoms with Crippen LogP contribution in [-0.4, -0.2) is 0 Å². The van der Waals surface area contributed by atoms with Crippen molar-refractivity contribution < 1.29 is 44.8 Å². The van der Waals surface area contributed by atoms with Gasteiger partial charge in [0.2, 0.25) is 0 Å². The Kier molecular flexibility index (Phi) is 9.22. The molecule has 0 aromatic heterocycles. The van der Waals surface area contributed by atoms with Crippen LogP contribution in [-0.2, 0) is 20.0 Å². The van der Waals surface area contributed by atoms with Crippen LogP contribution < -0.4 is 24.8 Å². The van der Waals surface area contributed by atoms with E-state index in [0.29, 0.717) is 7.35 Å². The number of benzene rings is 6. The van der Waals surface area contributed by atoms with Crippen LogP contribution in [0.25, 0.3) is 56.0 Å². The Labute approximate surface area is 321 Å². The molecular weight excluding hydrogens is 826 g/mol. The van der Waals surface area contributed by atoms with E-state index in [0.717, 1.165) is 0 Å². The maximum atomic E-state index is 2.67. The first kappa shape index (κ1) is 36.1. The van der Waals surface area contributed by atoms with Gasteiger partial charge in [0, 0.05) is 0 Å². The smallest absolute Gasteiger partial charge is 1.00 e. The SMILES string of the molecule is CC(C)(C)C1=Cc2c(-c3cccc4ccccc34)cccc2[CH]1[Hf+2]1([CH]2C(C(C)(C)C)=Cc3c(-c4cccc5ccccc45)cccc32)[CH2][CH2]1.[Cl-].[Cl-]. The molecule has 2 atom stereocenters. The van der Waals surface area contributed by atoms with Gasteiger partial charge in [0.15, 0.2) is 0 Å². The zero-order valence-electron chi connectivity index (χ0n) is 30.5. The number of fused-ring (bicyclic) bond motifs is 4. The van der Waals surface area contributed by atoms with Crippen LogP contribution >= 0.6 is 0 Å². The zero-order chi connectivity index (χ0) is 33.7. The molecule has 0 saturated carbocycles. The van der Waals surface area contributed by atoms with E-state index in [-0.39, 0.29) is 35.6 Å². The molecule has 0 radical (unpaired) electrons. The Bertz CT molecular complexity index is 2200. The van der Waals surface area contributed by atoms with Gasteiger partial charge < -0.3 is 24.8 Å². The van der Waals surface area contributed by atoms with E-state index >= 15 is 0 Å². The fourth-order valence-electron chi connectivity index (χ4n) is 9.62. The van der Waals surface area contributed by atoms with Crippen molar-refractivity contribution in [1.29, 1.82) is 0 Å². The van der Waals surface area contributed by atoms with E-state index in [1.54, 1.807) is 22.3 Å². The number of allylic oxidation sites excluding steroid dienone is 2. The topological polar surface area (TPSA) is 0 Å². The molecule has 0 amide bonds. The quantitative estimate of drug-likeness (QED) is 0.158. The number of hydrogen-bond donors (Lipinski definition) is 0. The summed E-state index contributed by atoms with van der Waals surface area (Å²) in [5.74, 6) is 0. The largest absolute Gasteiger partial charge is 1.00 e. The summed E-state index contributed by atoms with van der Waals surface area (Å²) in [7, 11) is 0. The van der Waals surface area contributed by atoms with Gasteiger partial charge in [0.25, 0.3) is 0 Å². The average molecular weight is 872 g/mol. The van der Waals surface area contributed by atoms with E-state index in [1.807, 2.05) is 0 Å². The second-order valence-corrected chi connectivity index (χ2v) is 33.6. The van der Waals surface area contributed by atoms with Gasteiger partial charge >= 0.3 is 299 Å². The third-order valence-electron chi connectivity index (χ3n) is 12.0. The summed E-state index contributed by atoms with van der Waals surface area (Å²) in [6.07, 6.45) is 5.33. The minimum absolute atomic E-state index is 0. The minimum Gasteiger partial charge on any atom is -1.00 e. The van der Waals surface area contributed by atoms with Crippen LogP contribution in [0.4, 0.5) is 0 Å². The molecule has 1 aliphatic heterocycles. The average Bonchev–Trinajstić information content (AvgIpc) is 3.59. The monoisotopic (exact) mass is 872 g/mol. The first-order chi connectivity index (χ1) is 23.6. The van der Waals surface area contributed by atoms with Gasteiger partial charge in [0.05, 0.1) is 0 Å². The first-order valence-corrected chi connectivity index (χ1v) is 27.5. The Morgan fingerprint density at radius 2 is 0.784 bits per heavy atom. The zero-order valence-corrected chi connectivity index (χ0v) is 35.6. The third kappa shape index (κ3) is 5.74. The van der Waals surface area contributed by atoms with E-state index in [1.165, 1.54) is 63.3 Å². The van der Waals surface area contributed by atoms with Crippen molar-refractivity contribution in [2.75, 3.05) is 0 Å². The number of hydrogen-bond acceptors (Lipinski definition) is 0. The molecule has 9 rings (SSSR count). The molecule has 0 N–H and O–H groups in total. The van der Waals surface area contributed by atoms with E-state index in [9.17, 15) is 0 Å². The molecule has 3 aliphatic rings. The molecule has 2 aliphatic carbocycles. The number of halogens is 2. The van der Waals surface area contributed by atoms with Crippen LogP contribution in [0, 0.1) is 10.8 Å². The van der Waals surface area contributed by atoms with Crippen molar-refractivity contribution >= 4 is 33.7 Å². The summed E-state index contributed by atoms with van der Waals surface area (Å²) in [5, 5.41) is 5.33. The molecule has 3 heteroatoms. The van der Waals surface area contributed by atoms with Crippen LogP contribution in [0.15, 0.2) is 132 Å². The molecule has 0 nitrogen and oxygen atoms in total. The molecule has 256 valence electrons. The van der Waals surface area contributed by atoms with Crippen molar-refractivity contribution in [3.05, 3.63) is 155 Å². The Morgan fingerprint density at radius 1 is 0.431 bits per heavy atom. The first-order valence-electron chi connectivity index (χ1n) is 18.2. The fraction of sp³-hybridized carbons (Fsp3) is 0.250. The summed E-state index contributed by atoms with van der Waals surface area (Å²) >= 11 is -3.17. The van der Waals surface area contributed by atoms with Gasteiger partial charge in [-0.25, -0.2) is 0 Å². The predicted molar refractivity (Wildman–Crippen MR) is 209 cm³/mol. The maximum Gasteiger partial charge on any atom is -1.00 e. The van der Waals surface area contributed by atoms with Gasteiger partial charge in [-0.1, -0.05) is 0 Å². The fourth-order valence-corrected chi connectivity index (χ4v) is 38.9. The molecule has 1 fully saturated rings. The van der Waals surface area contributed by atoms with Crippen molar-refractivity contribution in [3.8, 4) is 22.3 Å². The molecule has 2 unspecified atom stereocenters. The normalized spacial score (nSPS) is 18.1. The standard InChI is InChI=1S/2C23H21.C2H4.2ClH.Hf/c2*1-23(2,3)18-14-17-10-7-13-21(22(17)15-18)20-12-6-9-16-8-4-5-11-19(16)20;1-2;;;/h2*4-15H,1-3H3;1-2H2;2*1H;/q;;;;;+2/p-2. The van der Waals surface area contributed by atoms with E-state index in [4.69, 9.17) is 0 Å². The second kappa shape index (κ2) is 13.0. The Morgan fingerprint density at radius 3 is 1.18 bits per heavy atom. The van der Waals surface area contributed by atoms with Crippen LogP contribution in [0.5, 0.6) is 0 Å². The summed E-state index contributed by atoms with van der Waals surface area (Å²) < 4.78 is 4.14. The van der Waals surface area contributed by atoms with E-state index < -0.39 is 20.0 Å². The van der Waals surface area contributed by atoms with Gasteiger partial charge in [-0.15, -0.1) is 0 Å². The molecule has 1 saturated heterocycles. The summed E-state index contributed by atoms with van der Waals surface area (Å²) in [4.78, 5) is 0. The molecule has 0 bridgehead atoms. The van der Waals surface area contributed by atoms with Crippen molar-refractivity contribution in [2.24, 2.45) is 10.8 Å². The van der Waals surface area contributed by atoms with E-state index in [2.05, 4.69) is 175 Å². The molecule has 6 aromatic rings. The third-order valence-corrected chi connectivity index (χ3v) is 30.7. The van der Waals surface area contributed by atoms with Gasteiger partial charge in [0.1, 0.15) is 0 Å². The molecule has 51 heavy (non-hydrogen) atoms. The maximum absolute atomic E-state index is 3.17.